The van der Waals surface area contributed by atoms with Gasteiger partial charge in [0.05, 0.1) is 16.3 Å². The van der Waals surface area contributed by atoms with Crippen LogP contribution >= 0.6 is 11.3 Å². The van der Waals surface area contributed by atoms with E-state index in [0.29, 0.717) is 15.3 Å². The Bertz CT molecular complexity index is 1930. The van der Waals surface area contributed by atoms with E-state index in [4.69, 9.17) is 9.84 Å². The van der Waals surface area contributed by atoms with Crippen LogP contribution in [-0.4, -0.2) is 30.5 Å². The minimum atomic E-state index is -0.200. The predicted octanol–water partition coefficient (Wildman–Crippen LogP) is 6.30. The number of fused-ring (bicyclic) bond motifs is 1. The van der Waals surface area contributed by atoms with Crippen LogP contribution in [0.1, 0.15) is 45.7 Å². The first kappa shape index (κ1) is 26.7. The molecule has 0 atom stereocenters. The molecule has 3 aromatic carbocycles. The molecule has 7 nitrogen and oxygen atoms in total. The third kappa shape index (κ3) is 5.43. The molecule has 0 saturated carbocycles. The Morgan fingerprint density at radius 3 is 2.20 bits per heavy atom. The van der Waals surface area contributed by atoms with Crippen LogP contribution < -0.4 is 14.8 Å². The van der Waals surface area contributed by atoms with Crippen LogP contribution in [0.15, 0.2) is 89.9 Å². The van der Waals surface area contributed by atoms with Gasteiger partial charge in [0.25, 0.3) is 5.56 Å². The molecule has 0 fully saturated rings. The molecule has 0 spiro atoms. The zero-order chi connectivity index (χ0) is 28.7. The van der Waals surface area contributed by atoms with Crippen molar-refractivity contribution in [2.75, 3.05) is 0 Å². The number of nitrogens with zero attached hydrogens (tertiary/aromatic N) is 5. The monoisotopic (exact) mass is 561 g/mol. The molecule has 0 amide bonds. The van der Waals surface area contributed by atoms with Crippen molar-refractivity contribution in [3.8, 4) is 34.1 Å². The van der Waals surface area contributed by atoms with Gasteiger partial charge in [0.2, 0.25) is 4.96 Å². The van der Waals surface area contributed by atoms with Gasteiger partial charge in [-0.25, -0.2) is 4.68 Å². The molecule has 0 unspecified atom stereocenters. The highest BCUT2D eigenvalue weighted by Crippen LogP contribution is 2.28. The maximum absolute atomic E-state index is 13.4. The van der Waals surface area contributed by atoms with Gasteiger partial charge in [-0.1, -0.05) is 74.6 Å². The smallest absolute Gasteiger partial charge is 0.291 e. The van der Waals surface area contributed by atoms with E-state index in [1.807, 2.05) is 97.5 Å². The van der Waals surface area contributed by atoms with E-state index in [1.54, 1.807) is 0 Å². The first-order valence-corrected chi connectivity index (χ1v) is 14.4. The molecule has 8 heteroatoms. The third-order valence-electron chi connectivity index (χ3n) is 6.74. The van der Waals surface area contributed by atoms with E-state index in [-0.39, 0.29) is 17.1 Å². The Morgan fingerprint density at radius 1 is 0.878 bits per heavy atom. The van der Waals surface area contributed by atoms with Crippen molar-refractivity contribution in [3.05, 3.63) is 111 Å². The number of hydrogen-bond acceptors (Lipinski definition) is 6. The average molecular weight is 562 g/mol. The Kier molecular flexibility index (Phi) is 6.79. The standard InChI is InChI=1S/C33H31N5O2S/c1-21(2)40-27-17-13-22(14-18-27)29-24(20-37(35-29)26-9-7-6-8-10-26)19-28-31(39)38-32(41-28)34-30(36-38)23-11-15-25(16-12-23)33(3,4)5/h6-21H,1-5H3/b28-19-. The topological polar surface area (TPSA) is 74.3 Å². The number of aromatic nitrogens is 5. The number of rotatable bonds is 6. The summed E-state index contributed by atoms with van der Waals surface area (Å²) in [5.41, 5.74) is 5.43. The van der Waals surface area contributed by atoms with Gasteiger partial charge in [0.1, 0.15) is 11.4 Å². The summed E-state index contributed by atoms with van der Waals surface area (Å²) in [6.07, 6.45) is 3.91. The quantitative estimate of drug-likeness (QED) is 0.239. The van der Waals surface area contributed by atoms with Gasteiger partial charge >= 0.3 is 0 Å². The number of para-hydroxylation sites is 1. The van der Waals surface area contributed by atoms with E-state index in [2.05, 4.69) is 43.0 Å². The average Bonchev–Trinajstić information content (AvgIpc) is 3.64. The van der Waals surface area contributed by atoms with Crippen LogP contribution in [0, 0.1) is 0 Å². The zero-order valence-electron chi connectivity index (χ0n) is 23.7. The van der Waals surface area contributed by atoms with Crippen molar-refractivity contribution in [1.82, 2.24) is 24.4 Å². The molecule has 0 radical (unpaired) electrons. The third-order valence-corrected chi connectivity index (χ3v) is 7.70. The van der Waals surface area contributed by atoms with E-state index < -0.39 is 0 Å². The molecule has 0 aliphatic carbocycles. The fourth-order valence-electron chi connectivity index (χ4n) is 4.61. The van der Waals surface area contributed by atoms with Crippen molar-refractivity contribution < 1.29 is 4.74 Å². The lowest BCUT2D eigenvalue weighted by atomic mass is 9.87. The lowest BCUT2D eigenvalue weighted by molar-refractivity contribution is 0.242. The molecule has 6 aromatic rings. The molecule has 0 bridgehead atoms. The SMILES string of the molecule is CC(C)Oc1ccc(-c2nn(-c3ccccc3)cc2/C=c2\sc3nc(-c4ccc(C(C)(C)C)cc4)nn3c2=O)cc1. The molecular weight excluding hydrogens is 530 g/mol. The maximum Gasteiger partial charge on any atom is 0.291 e. The van der Waals surface area contributed by atoms with Gasteiger partial charge in [0, 0.05) is 22.9 Å². The number of thiazole rings is 1. The van der Waals surface area contributed by atoms with Crippen molar-refractivity contribution in [2.45, 2.75) is 46.1 Å². The number of hydrogen-bond donors (Lipinski definition) is 0. The summed E-state index contributed by atoms with van der Waals surface area (Å²) in [6.45, 7) is 10.5. The van der Waals surface area contributed by atoms with Gasteiger partial charge in [-0.05, 0) is 67.3 Å². The summed E-state index contributed by atoms with van der Waals surface area (Å²) in [6, 6.07) is 26.0. The molecule has 0 aliphatic rings. The van der Waals surface area contributed by atoms with Crippen LogP contribution in [-0.2, 0) is 5.41 Å². The Balaban J connectivity index is 1.40. The minimum Gasteiger partial charge on any atom is -0.491 e. The van der Waals surface area contributed by atoms with Gasteiger partial charge in [0.15, 0.2) is 5.82 Å². The van der Waals surface area contributed by atoms with E-state index in [9.17, 15) is 4.79 Å². The summed E-state index contributed by atoms with van der Waals surface area (Å²) >= 11 is 1.32. The number of benzene rings is 3. The first-order valence-electron chi connectivity index (χ1n) is 13.6. The van der Waals surface area contributed by atoms with Crippen LogP contribution in [0.25, 0.3) is 39.4 Å². The predicted molar refractivity (Wildman–Crippen MR) is 165 cm³/mol. The summed E-state index contributed by atoms with van der Waals surface area (Å²) in [5.74, 6) is 1.34. The highest BCUT2D eigenvalue weighted by atomic mass is 32.1. The molecule has 41 heavy (non-hydrogen) atoms. The maximum atomic E-state index is 13.4. The molecule has 6 rings (SSSR count). The van der Waals surface area contributed by atoms with Crippen LogP contribution in [0.3, 0.4) is 0 Å². The van der Waals surface area contributed by atoms with Gasteiger partial charge in [-0.3, -0.25) is 4.79 Å². The number of ether oxygens (including phenoxy) is 1. The molecule has 3 heterocycles. The van der Waals surface area contributed by atoms with Gasteiger partial charge in [-0.15, -0.1) is 5.10 Å². The van der Waals surface area contributed by atoms with E-state index in [0.717, 1.165) is 33.8 Å². The largest absolute Gasteiger partial charge is 0.491 e. The molecule has 206 valence electrons. The lowest BCUT2D eigenvalue weighted by Crippen LogP contribution is -2.23. The summed E-state index contributed by atoms with van der Waals surface area (Å²) in [5, 5.41) is 9.45. The Morgan fingerprint density at radius 2 is 1.56 bits per heavy atom. The van der Waals surface area contributed by atoms with E-state index in [1.165, 1.54) is 21.4 Å². The van der Waals surface area contributed by atoms with Gasteiger partial charge < -0.3 is 4.74 Å². The first-order chi connectivity index (χ1) is 19.7. The Labute approximate surface area is 242 Å². The zero-order valence-corrected chi connectivity index (χ0v) is 24.5. The summed E-state index contributed by atoms with van der Waals surface area (Å²) < 4.78 is 9.59. The summed E-state index contributed by atoms with van der Waals surface area (Å²) in [4.78, 5) is 18.7. The van der Waals surface area contributed by atoms with Crippen molar-refractivity contribution in [3.63, 3.8) is 0 Å². The fourth-order valence-corrected chi connectivity index (χ4v) is 5.51. The van der Waals surface area contributed by atoms with Gasteiger partial charge in [-0.2, -0.15) is 14.6 Å². The van der Waals surface area contributed by atoms with Crippen molar-refractivity contribution in [1.29, 1.82) is 0 Å². The van der Waals surface area contributed by atoms with Crippen molar-refractivity contribution >= 4 is 22.4 Å². The summed E-state index contributed by atoms with van der Waals surface area (Å²) in [7, 11) is 0. The van der Waals surface area contributed by atoms with Crippen LogP contribution in [0.2, 0.25) is 0 Å². The lowest BCUT2D eigenvalue weighted by Gasteiger charge is -2.18. The van der Waals surface area contributed by atoms with E-state index >= 15 is 0 Å². The fraction of sp³-hybridized carbons (Fsp3) is 0.212. The van der Waals surface area contributed by atoms with Crippen LogP contribution in [0.5, 0.6) is 5.75 Å². The molecular formula is C33H31N5O2S. The minimum absolute atomic E-state index is 0.0600. The second-order valence-corrected chi connectivity index (χ2v) is 12.3. The second-order valence-electron chi connectivity index (χ2n) is 11.3. The highest BCUT2D eigenvalue weighted by molar-refractivity contribution is 7.15. The highest BCUT2D eigenvalue weighted by Gasteiger charge is 2.17. The second kappa shape index (κ2) is 10.4. The molecule has 3 aromatic heterocycles. The normalized spacial score (nSPS) is 12.5. The molecule has 0 aliphatic heterocycles. The Hall–Kier alpha value is -4.56. The van der Waals surface area contributed by atoms with Crippen molar-refractivity contribution in [2.24, 2.45) is 0 Å². The van der Waals surface area contributed by atoms with Crippen LogP contribution in [0.4, 0.5) is 0 Å². The molecule has 0 N–H and O–H groups in total. The molecule has 0 saturated heterocycles.